The number of nitrogens with zero attached hydrogens (tertiary/aromatic N) is 4. The van der Waals surface area contributed by atoms with Crippen LogP contribution in [0.3, 0.4) is 0 Å². The Hall–Kier alpha value is -2.75. The molecular formula is C25H36FN5O15P2S. The van der Waals surface area contributed by atoms with Crippen molar-refractivity contribution in [1.82, 2.24) is 19.5 Å². The Morgan fingerprint density at radius 1 is 1.10 bits per heavy atom. The molecule has 274 valence electrons. The van der Waals surface area contributed by atoms with Crippen molar-refractivity contribution < 1.29 is 75.3 Å². The summed E-state index contributed by atoms with van der Waals surface area (Å²) >= 11 is 4.85. The number of rotatable bonds is 13. The molecule has 12 atom stereocenters. The lowest BCUT2D eigenvalue weighted by atomic mass is 9.81. The smallest absolute Gasteiger partial charge is 0.462 e. The number of aliphatic hydroxyl groups is 1. The lowest BCUT2D eigenvalue weighted by molar-refractivity contribution is -0.270. The molecule has 20 nitrogen and oxygen atoms in total. The Morgan fingerprint density at radius 2 is 1.80 bits per heavy atom. The number of carbonyl (C=O) groups is 3. The summed E-state index contributed by atoms with van der Waals surface area (Å²) < 4.78 is 71.4. The lowest BCUT2D eigenvalue weighted by Gasteiger charge is -2.45. The first-order chi connectivity index (χ1) is 22.8. The molecule has 0 saturated carbocycles. The summed E-state index contributed by atoms with van der Waals surface area (Å²) in [6.07, 6.45) is -10.1. The van der Waals surface area contributed by atoms with E-state index < -0.39 is 107 Å². The van der Waals surface area contributed by atoms with Gasteiger partial charge in [0.1, 0.15) is 36.8 Å². The standard InChI is InChI=1S/C25H36FN5O15P2S/c1-10-11(2)21(42-14(5)34)25(44-20(10)16(41-13(4)33)6-39-12(3)32)45-47(36,37)46-48(38,49)40-7-15-17(26)19(35)24(43-15)31-9-30-18-22(27)28-8-29-23(18)31/h8-11,15-17,19-21,24-25,35H,6-7H2,1-5H3,(H,36,37)(H,38,49)(H2,27,28,29)/t10-,11-,15+,16+,17-,19?,20?,21?,24+,25-,48?/m0/s1. The van der Waals surface area contributed by atoms with E-state index in [1.165, 1.54) is 10.9 Å². The molecule has 2 fully saturated rings. The van der Waals surface area contributed by atoms with Gasteiger partial charge in [-0.25, -0.2) is 28.2 Å². The second kappa shape index (κ2) is 15.6. The van der Waals surface area contributed by atoms with Crippen LogP contribution in [0.15, 0.2) is 12.7 Å². The minimum atomic E-state index is -5.46. The van der Waals surface area contributed by atoms with Gasteiger partial charge in [-0.1, -0.05) is 13.8 Å². The normalized spacial score (nSPS) is 31.7. The number of nitrogen functional groups attached to an aromatic ring is 1. The fraction of sp³-hybridized carbons (Fsp3) is 0.680. The summed E-state index contributed by atoms with van der Waals surface area (Å²) in [5.74, 6) is -3.50. The predicted octanol–water partition coefficient (Wildman–Crippen LogP) is 0.796. The third-order valence-corrected chi connectivity index (χ3v) is 11.2. The van der Waals surface area contributed by atoms with Crippen LogP contribution >= 0.6 is 14.5 Å². The van der Waals surface area contributed by atoms with Crippen LogP contribution in [0.2, 0.25) is 0 Å². The van der Waals surface area contributed by atoms with E-state index in [2.05, 4.69) is 15.0 Å². The highest BCUT2D eigenvalue weighted by atomic mass is 32.5. The van der Waals surface area contributed by atoms with E-state index in [1.807, 2.05) is 0 Å². The summed E-state index contributed by atoms with van der Waals surface area (Å²) in [7, 11) is -5.46. The number of phosphoric ester groups is 1. The molecule has 4 heterocycles. The fourth-order valence-electron chi connectivity index (χ4n) is 5.28. The Labute approximate surface area is 283 Å². The maximum atomic E-state index is 15.1. The average Bonchev–Trinajstić information content (AvgIpc) is 3.54. The van der Waals surface area contributed by atoms with Gasteiger partial charge in [0.15, 0.2) is 36.1 Å². The summed E-state index contributed by atoms with van der Waals surface area (Å²) in [6.45, 7) is 0.490. The second-order valence-electron chi connectivity index (χ2n) is 11.2. The maximum Gasteiger partial charge on any atom is 0.481 e. The molecule has 5 unspecified atom stereocenters. The topological polar surface area (TPSA) is 272 Å². The highest BCUT2D eigenvalue weighted by Crippen LogP contribution is 2.62. The van der Waals surface area contributed by atoms with Gasteiger partial charge in [0, 0.05) is 26.7 Å². The molecule has 2 saturated heterocycles. The largest absolute Gasteiger partial charge is 0.481 e. The number of nitrogens with two attached hydrogens (primary N) is 1. The Morgan fingerprint density at radius 3 is 2.43 bits per heavy atom. The molecule has 0 radical (unpaired) electrons. The van der Waals surface area contributed by atoms with Crippen molar-refractivity contribution in [2.24, 2.45) is 11.8 Å². The fourth-order valence-corrected chi connectivity index (χ4v) is 8.37. The van der Waals surface area contributed by atoms with Gasteiger partial charge in [-0.15, -0.1) is 0 Å². The molecule has 2 aromatic heterocycles. The van der Waals surface area contributed by atoms with Crippen molar-refractivity contribution in [2.45, 2.75) is 83.8 Å². The number of hydrogen-bond donors (Lipinski definition) is 4. The first-order valence-corrected chi connectivity index (χ1v) is 18.6. The van der Waals surface area contributed by atoms with Crippen molar-refractivity contribution in [3.8, 4) is 0 Å². The second-order valence-corrected chi connectivity index (χ2v) is 15.6. The average molecular weight is 760 g/mol. The van der Waals surface area contributed by atoms with E-state index in [0.717, 1.165) is 27.1 Å². The zero-order valence-electron chi connectivity index (χ0n) is 26.6. The van der Waals surface area contributed by atoms with E-state index >= 15 is 4.39 Å². The monoisotopic (exact) mass is 759 g/mol. The molecule has 5 N–H and O–H groups in total. The Bertz CT molecular complexity index is 1640. The van der Waals surface area contributed by atoms with Crippen LogP contribution in [-0.4, -0.2) is 109 Å². The number of alkyl halides is 1. The van der Waals surface area contributed by atoms with E-state index in [0.29, 0.717) is 0 Å². The minimum Gasteiger partial charge on any atom is -0.462 e. The first-order valence-electron chi connectivity index (χ1n) is 14.5. The SMILES string of the molecule is CC(=O)OC[C@@H](OC(C)=O)C1O[C@@H](OP(=O)(O)OP(O)(=S)OC[C@H]2O[C@@H](n3cnc4c(N)ncnc43)C(O)[C@H]2F)C(OC(C)=O)[C@@H](C)[C@@H]1C. The molecule has 0 bridgehead atoms. The predicted molar refractivity (Wildman–Crippen MR) is 164 cm³/mol. The van der Waals surface area contributed by atoms with Crippen LogP contribution < -0.4 is 5.73 Å². The number of halogens is 1. The zero-order chi connectivity index (χ0) is 36.4. The third-order valence-electron chi connectivity index (χ3n) is 7.66. The Balaban J connectivity index is 1.45. The van der Waals surface area contributed by atoms with Crippen LogP contribution in [-0.2, 0) is 67.8 Å². The van der Waals surface area contributed by atoms with E-state index in [1.54, 1.807) is 13.8 Å². The van der Waals surface area contributed by atoms with E-state index in [4.69, 9.17) is 54.6 Å². The van der Waals surface area contributed by atoms with Crippen molar-refractivity contribution in [1.29, 1.82) is 0 Å². The molecule has 0 spiro atoms. The highest BCUT2D eigenvalue weighted by Gasteiger charge is 2.51. The minimum absolute atomic E-state index is 0.0326. The van der Waals surface area contributed by atoms with Crippen LogP contribution in [0, 0.1) is 11.8 Å². The van der Waals surface area contributed by atoms with Gasteiger partial charge in [-0.3, -0.25) is 23.5 Å². The van der Waals surface area contributed by atoms with Gasteiger partial charge in [0.25, 0.3) is 0 Å². The van der Waals surface area contributed by atoms with Gasteiger partial charge in [0.2, 0.25) is 6.29 Å². The number of aliphatic hydroxyl groups excluding tert-OH is 1. The molecule has 2 aliphatic rings. The summed E-state index contributed by atoms with van der Waals surface area (Å²) in [5, 5.41) is 10.5. The van der Waals surface area contributed by atoms with E-state index in [9.17, 15) is 33.8 Å². The number of phosphoric acid groups is 1. The molecule has 49 heavy (non-hydrogen) atoms. The molecule has 24 heteroatoms. The lowest BCUT2D eigenvalue weighted by Crippen LogP contribution is -2.56. The Kier molecular flexibility index (Phi) is 12.5. The number of ether oxygens (including phenoxy) is 5. The van der Waals surface area contributed by atoms with Crippen LogP contribution in [0.5, 0.6) is 0 Å². The van der Waals surface area contributed by atoms with Crippen molar-refractivity contribution in [3.05, 3.63) is 12.7 Å². The number of esters is 3. The number of anilines is 1. The van der Waals surface area contributed by atoms with Gasteiger partial charge in [-0.05, 0) is 17.7 Å². The quantitative estimate of drug-likeness (QED) is 0.125. The van der Waals surface area contributed by atoms with Gasteiger partial charge < -0.3 is 48.8 Å². The maximum absolute atomic E-state index is 15.1. The van der Waals surface area contributed by atoms with Crippen LogP contribution in [0.1, 0.15) is 40.8 Å². The zero-order valence-corrected chi connectivity index (χ0v) is 29.2. The van der Waals surface area contributed by atoms with Crippen molar-refractivity contribution in [2.75, 3.05) is 18.9 Å². The van der Waals surface area contributed by atoms with Gasteiger partial charge in [0.05, 0.1) is 12.9 Å². The molecule has 2 aliphatic heterocycles. The molecular weight excluding hydrogens is 723 g/mol. The summed E-state index contributed by atoms with van der Waals surface area (Å²) in [6, 6.07) is 0. The summed E-state index contributed by atoms with van der Waals surface area (Å²) in [4.78, 5) is 68.3. The first kappa shape index (κ1) is 39.0. The third kappa shape index (κ3) is 9.53. The van der Waals surface area contributed by atoms with Crippen molar-refractivity contribution >= 4 is 61.2 Å². The molecule has 0 aromatic carbocycles. The number of imidazole rings is 1. The van der Waals surface area contributed by atoms with Gasteiger partial charge >= 0.3 is 32.4 Å². The number of hydrogen-bond acceptors (Lipinski definition) is 18. The number of carbonyl (C=O) groups excluding carboxylic acids is 3. The summed E-state index contributed by atoms with van der Waals surface area (Å²) in [5.41, 5.74) is 6.08. The molecule has 2 aromatic rings. The number of fused-ring (bicyclic) bond motifs is 1. The molecule has 0 amide bonds. The van der Waals surface area contributed by atoms with Crippen LogP contribution in [0.25, 0.3) is 11.2 Å². The molecule has 4 rings (SSSR count). The number of aromatic nitrogens is 4. The molecule has 0 aliphatic carbocycles. The van der Waals surface area contributed by atoms with Crippen LogP contribution in [0.4, 0.5) is 10.2 Å². The van der Waals surface area contributed by atoms with Crippen molar-refractivity contribution in [3.63, 3.8) is 0 Å². The van der Waals surface area contributed by atoms with E-state index in [-0.39, 0.29) is 17.0 Å². The van der Waals surface area contributed by atoms with Gasteiger partial charge in [-0.2, -0.15) is 0 Å². The highest BCUT2D eigenvalue weighted by molar-refractivity contribution is 8.08.